The number of ether oxygens (including phenoxy) is 2. The van der Waals surface area contributed by atoms with Crippen molar-refractivity contribution in [2.75, 3.05) is 31.1 Å². The summed E-state index contributed by atoms with van der Waals surface area (Å²) in [6.45, 7) is 1.94. The van der Waals surface area contributed by atoms with Gasteiger partial charge in [0.05, 0.1) is 31.4 Å². The number of nitrogens with one attached hydrogen (secondary N) is 2. The highest BCUT2D eigenvalue weighted by molar-refractivity contribution is 7.99. The van der Waals surface area contributed by atoms with Crippen LogP contribution < -0.4 is 20.6 Å². The number of nitrogen functional groups attached to an aromatic ring is 1. The van der Waals surface area contributed by atoms with Gasteiger partial charge in [0, 0.05) is 5.56 Å². The number of H-pyrrole nitrogens is 1. The van der Waals surface area contributed by atoms with Crippen molar-refractivity contribution >= 4 is 23.4 Å². The summed E-state index contributed by atoms with van der Waals surface area (Å²) in [6.07, 6.45) is 0. The Morgan fingerprint density at radius 1 is 1.12 bits per heavy atom. The number of methoxy groups -OCH3 is 2. The number of benzene rings is 2. The molecule has 10 nitrogen and oxygen atoms in total. The Labute approximate surface area is 194 Å². The molecule has 0 aliphatic heterocycles. The highest BCUT2D eigenvalue weighted by Crippen LogP contribution is 2.27. The van der Waals surface area contributed by atoms with E-state index in [1.165, 1.54) is 16.4 Å². The predicted octanol–water partition coefficient (Wildman–Crippen LogP) is 3.11. The number of anilines is 1. The smallest absolute Gasteiger partial charge is 0.234 e. The molecule has 0 atom stereocenters. The van der Waals surface area contributed by atoms with Crippen molar-refractivity contribution in [1.82, 2.24) is 25.1 Å². The van der Waals surface area contributed by atoms with Gasteiger partial charge >= 0.3 is 0 Å². The number of nitrogens with zero attached hydrogens (tertiary/aromatic N) is 4. The molecular weight excluding hydrogens is 442 g/mol. The van der Waals surface area contributed by atoms with Gasteiger partial charge in [0.15, 0.2) is 0 Å². The summed E-state index contributed by atoms with van der Waals surface area (Å²) in [5.41, 5.74) is 3.88. The van der Waals surface area contributed by atoms with Gasteiger partial charge in [0.25, 0.3) is 0 Å². The minimum absolute atomic E-state index is 0.104. The van der Waals surface area contributed by atoms with Crippen LogP contribution in [0, 0.1) is 6.92 Å². The largest absolute Gasteiger partial charge is 0.497 e. The first kappa shape index (κ1) is 22.2. The Morgan fingerprint density at radius 3 is 2.64 bits per heavy atom. The lowest BCUT2D eigenvalue weighted by Crippen LogP contribution is -2.17. The van der Waals surface area contributed by atoms with E-state index in [0.29, 0.717) is 28.1 Å². The van der Waals surface area contributed by atoms with E-state index in [4.69, 9.17) is 15.3 Å². The fraction of sp³-hybridized carbons (Fsp3) is 0.182. The minimum Gasteiger partial charge on any atom is -0.497 e. The third-order valence-corrected chi connectivity index (χ3v) is 5.77. The monoisotopic (exact) mass is 465 g/mol. The van der Waals surface area contributed by atoms with E-state index in [0.717, 1.165) is 22.6 Å². The molecule has 2 heterocycles. The molecule has 0 aliphatic carbocycles. The van der Waals surface area contributed by atoms with Crippen molar-refractivity contribution in [2.45, 2.75) is 12.1 Å². The number of nitrogens with two attached hydrogens (primary N) is 1. The summed E-state index contributed by atoms with van der Waals surface area (Å²) in [4.78, 5) is 12.4. The fourth-order valence-electron chi connectivity index (χ4n) is 3.14. The molecule has 2 aromatic heterocycles. The highest BCUT2D eigenvalue weighted by Gasteiger charge is 2.17. The highest BCUT2D eigenvalue weighted by atomic mass is 32.2. The molecule has 0 aliphatic rings. The second kappa shape index (κ2) is 9.65. The zero-order valence-corrected chi connectivity index (χ0v) is 19.1. The van der Waals surface area contributed by atoms with E-state index in [1.807, 2.05) is 55.5 Å². The molecule has 170 valence electrons. The van der Waals surface area contributed by atoms with Crippen LogP contribution in [0.1, 0.15) is 5.56 Å². The van der Waals surface area contributed by atoms with Crippen LogP contribution in [0.5, 0.6) is 11.5 Å². The molecule has 0 unspecified atom stereocenters. The number of amides is 1. The first-order chi connectivity index (χ1) is 16.0. The molecule has 0 radical (unpaired) electrons. The third kappa shape index (κ3) is 4.93. The summed E-state index contributed by atoms with van der Waals surface area (Å²) >= 11 is 1.18. The average molecular weight is 466 g/mol. The van der Waals surface area contributed by atoms with Crippen LogP contribution in [0.25, 0.3) is 22.8 Å². The van der Waals surface area contributed by atoms with Crippen LogP contribution in [0.2, 0.25) is 0 Å². The Kier molecular flexibility index (Phi) is 6.50. The van der Waals surface area contributed by atoms with E-state index in [2.05, 4.69) is 25.7 Å². The SMILES string of the molecule is COc1ccc(-c2cc(-c3nnc(SCC(=O)Nc4cc(C)ccc4OC)n3N)[nH]n2)cc1. The number of aryl methyl sites for hydroxylation is 1. The van der Waals surface area contributed by atoms with E-state index in [9.17, 15) is 4.79 Å². The minimum atomic E-state index is -0.211. The standard InChI is InChI=1S/C22H23N7O3S/c1-13-4-9-19(32-3)17(10-13)24-20(30)12-33-22-28-27-21(29(22)23)18-11-16(25-26-18)14-5-7-15(31-2)8-6-14/h4-11H,12,23H2,1-3H3,(H,24,30)(H,25,26). The molecule has 2 aromatic carbocycles. The van der Waals surface area contributed by atoms with Gasteiger partial charge in [-0.3, -0.25) is 9.89 Å². The first-order valence-corrected chi connectivity index (χ1v) is 10.9. The van der Waals surface area contributed by atoms with Crippen molar-refractivity contribution in [3.8, 4) is 34.3 Å². The van der Waals surface area contributed by atoms with Crippen LogP contribution in [0.3, 0.4) is 0 Å². The molecule has 0 saturated carbocycles. The number of hydrogen-bond acceptors (Lipinski definition) is 8. The van der Waals surface area contributed by atoms with Crippen molar-refractivity contribution in [3.05, 3.63) is 54.1 Å². The maximum Gasteiger partial charge on any atom is 0.234 e. The lowest BCUT2D eigenvalue weighted by Gasteiger charge is -2.10. The Bertz CT molecular complexity index is 1270. The van der Waals surface area contributed by atoms with Crippen molar-refractivity contribution < 1.29 is 14.3 Å². The number of aromatic nitrogens is 5. The normalized spacial score (nSPS) is 10.8. The van der Waals surface area contributed by atoms with Gasteiger partial charge in [0.2, 0.25) is 16.9 Å². The topological polar surface area (TPSA) is 133 Å². The van der Waals surface area contributed by atoms with Crippen LogP contribution >= 0.6 is 11.8 Å². The predicted molar refractivity (Wildman–Crippen MR) is 127 cm³/mol. The Morgan fingerprint density at radius 2 is 1.91 bits per heavy atom. The van der Waals surface area contributed by atoms with Crippen molar-refractivity contribution in [1.29, 1.82) is 0 Å². The number of aromatic amines is 1. The van der Waals surface area contributed by atoms with Crippen LogP contribution in [0.4, 0.5) is 5.69 Å². The zero-order chi connectivity index (χ0) is 23.4. The second-order valence-electron chi connectivity index (χ2n) is 7.11. The summed E-state index contributed by atoms with van der Waals surface area (Å²) in [5, 5.41) is 18.8. The number of carbonyl (C=O) groups is 1. The summed E-state index contributed by atoms with van der Waals surface area (Å²) in [6, 6.07) is 15.0. The first-order valence-electron chi connectivity index (χ1n) is 9.96. The van der Waals surface area contributed by atoms with Gasteiger partial charge in [-0.2, -0.15) is 5.10 Å². The molecule has 0 fully saturated rings. The van der Waals surface area contributed by atoms with Gasteiger partial charge in [-0.1, -0.05) is 17.8 Å². The molecule has 0 bridgehead atoms. The average Bonchev–Trinajstić information content (AvgIpc) is 3.45. The summed E-state index contributed by atoms with van der Waals surface area (Å²) < 4.78 is 11.8. The zero-order valence-electron chi connectivity index (χ0n) is 18.3. The van der Waals surface area contributed by atoms with Gasteiger partial charge in [-0.05, 0) is 55.0 Å². The van der Waals surface area contributed by atoms with E-state index < -0.39 is 0 Å². The fourth-order valence-corrected chi connectivity index (χ4v) is 3.80. The van der Waals surface area contributed by atoms with E-state index in [1.54, 1.807) is 14.2 Å². The van der Waals surface area contributed by atoms with E-state index in [-0.39, 0.29) is 11.7 Å². The number of thioether (sulfide) groups is 1. The van der Waals surface area contributed by atoms with Crippen molar-refractivity contribution in [2.24, 2.45) is 0 Å². The molecule has 33 heavy (non-hydrogen) atoms. The molecular formula is C22H23N7O3S. The van der Waals surface area contributed by atoms with Gasteiger partial charge in [0.1, 0.15) is 17.2 Å². The number of hydrogen-bond donors (Lipinski definition) is 3. The maximum absolute atomic E-state index is 12.4. The Balaban J connectivity index is 1.42. The lowest BCUT2D eigenvalue weighted by molar-refractivity contribution is -0.113. The molecule has 0 spiro atoms. The summed E-state index contributed by atoms with van der Waals surface area (Å²) in [5.74, 6) is 7.84. The van der Waals surface area contributed by atoms with Crippen LogP contribution in [0.15, 0.2) is 53.7 Å². The van der Waals surface area contributed by atoms with Gasteiger partial charge in [-0.25, -0.2) is 4.68 Å². The molecule has 4 N–H and O–H groups in total. The van der Waals surface area contributed by atoms with E-state index >= 15 is 0 Å². The summed E-state index contributed by atoms with van der Waals surface area (Å²) in [7, 11) is 3.18. The molecule has 4 aromatic rings. The van der Waals surface area contributed by atoms with Crippen LogP contribution in [-0.2, 0) is 4.79 Å². The molecule has 1 amide bonds. The third-order valence-electron chi connectivity index (χ3n) is 4.83. The quantitative estimate of drug-likeness (QED) is 0.267. The number of rotatable bonds is 8. The Hall–Kier alpha value is -3.99. The second-order valence-corrected chi connectivity index (χ2v) is 8.05. The van der Waals surface area contributed by atoms with Crippen molar-refractivity contribution in [3.63, 3.8) is 0 Å². The number of carbonyl (C=O) groups excluding carboxylic acids is 1. The van der Waals surface area contributed by atoms with Gasteiger partial charge in [-0.15, -0.1) is 10.2 Å². The molecule has 0 saturated heterocycles. The lowest BCUT2D eigenvalue weighted by atomic mass is 10.1. The van der Waals surface area contributed by atoms with Crippen LogP contribution in [-0.4, -0.2) is 51.0 Å². The van der Waals surface area contributed by atoms with Gasteiger partial charge < -0.3 is 20.6 Å². The molecule has 4 rings (SSSR count). The molecule has 11 heteroatoms. The maximum atomic E-state index is 12.4.